The van der Waals surface area contributed by atoms with Gasteiger partial charge in [-0.15, -0.1) is 0 Å². The van der Waals surface area contributed by atoms with Gasteiger partial charge >= 0.3 is 0 Å². The minimum atomic E-state index is 0. The molecule has 2 rings (SSSR count). The van der Waals surface area contributed by atoms with Crippen LogP contribution in [-0.4, -0.2) is 5.78 Å². The number of hydrogen-bond donors (Lipinski definition) is 0. The molecule has 0 heterocycles. The topological polar surface area (TPSA) is 17.1 Å². The maximum atomic E-state index is 10.5. The van der Waals surface area contributed by atoms with Crippen LogP contribution >= 0.6 is 0 Å². The van der Waals surface area contributed by atoms with E-state index in [1.165, 1.54) is 0 Å². The molecular weight excluding hydrogens is 219 g/mol. The van der Waals surface area contributed by atoms with Crippen LogP contribution < -0.4 is 0 Å². The molecule has 0 saturated heterocycles. The van der Waals surface area contributed by atoms with Gasteiger partial charge in [-0.1, -0.05) is 5.56 Å². The third-order valence-corrected chi connectivity index (χ3v) is 1.62. The third-order valence-electron chi connectivity index (χ3n) is 1.62. The van der Waals surface area contributed by atoms with Crippen molar-refractivity contribution in [3.8, 4) is 0 Å². The summed E-state index contributed by atoms with van der Waals surface area (Å²) in [4.78, 5) is 10.5. The molecule has 0 fully saturated rings. The zero-order valence-electron chi connectivity index (χ0n) is 7.94. The van der Waals surface area contributed by atoms with Crippen LogP contribution in [0.25, 0.3) is 0 Å². The first-order chi connectivity index (χ1) is 6.30. The van der Waals surface area contributed by atoms with E-state index in [-0.39, 0.29) is 22.6 Å². The molecule has 0 saturated carbocycles. The molecule has 1 nitrogen and oxygen atoms in total. The van der Waals surface area contributed by atoms with E-state index < -0.39 is 0 Å². The molecule has 2 aromatic carbocycles. The van der Waals surface area contributed by atoms with Crippen molar-refractivity contribution in [2.45, 2.75) is 6.92 Å². The van der Waals surface area contributed by atoms with Crippen molar-refractivity contribution in [1.29, 1.82) is 0 Å². The molecule has 0 amide bonds. The Morgan fingerprint density at radius 3 is 1.57 bits per heavy atom. The van der Waals surface area contributed by atoms with Crippen molar-refractivity contribution in [3.63, 3.8) is 0 Å². The average molecular weight is 231 g/mol. The number of carbonyl (C=O) groups is 1. The van der Waals surface area contributed by atoms with Gasteiger partial charge in [0.25, 0.3) is 0 Å². The summed E-state index contributed by atoms with van der Waals surface area (Å²) in [5, 5.41) is 0. The van der Waals surface area contributed by atoms with Crippen LogP contribution in [0.15, 0.2) is 54.6 Å². The van der Waals surface area contributed by atoms with Crippen LogP contribution in [0.4, 0.5) is 0 Å². The summed E-state index contributed by atoms with van der Waals surface area (Å²) in [5.41, 5.74) is 0.796. The van der Waals surface area contributed by atoms with Crippen LogP contribution in [0, 0.1) is 0 Å². The van der Waals surface area contributed by atoms with Gasteiger partial charge in [0, 0.05) is 16.8 Å². The Balaban J connectivity index is 0.000000246. The number of Topliss-reactive ketones (excluding diaryl/α,β-unsaturated/α-hetero) is 1. The molecule has 0 aromatic heterocycles. The molecule has 0 unspecified atom stereocenters. The molecule has 14 heavy (non-hydrogen) atoms. The molecule has 0 N–H and O–H groups in total. The fraction of sp³-hybridized carbons (Fsp3) is 0.0833. The SMILES string of the molecule is CC(=O)[c-]1cccc1.[Co].[cH-]1[cH-][cH-][cH-][cH-]1. The summed E-state index contributed by atoms with van der Waals surface area (Å²) in [6.07, 6.45) is 0. The van der Waals surface area contributed by atoms with Gasteiger partial charge in [0.15, 0.2) is 0 Å². The van der Waals surface area contributed by atoms with E-state index in [2.05, 4.69) is 0 Å². The van der Waals surface area contributed by atoms with Crippen LogP contribution in [0.5, 0.6) is 0 Å². The molecule has 0 aliphatic rings. The minimum absolute atomic E-state index is 0. The second-order valence-electron chi connectivity index (χ2n) is 2.69. The van der Waals surface area contributed by atoms with Gasteiger partial charge in [-0.25, -0.2) is 12.1 Å². The number of ketones is 1. The first-order valence-corrected chi connectivity index (χ1v) is 4.20. The van der Waals surface area contributed by atoms with E-state index in [4.69, 9.17) is 0 Å². The molecule has 0 spiro atoms. The summed E-state index contributed by atoms with van der Waals surface area (Å²) < 4.78 is 0. The third kappa shape index (κ3) is 4.79. The van der Waals surface area contributed by atoms with Crippen LogP contribution in [0.1, 0.15) is 17.3 Å². The maximum absolute atomic E-state index is 10.5. The Bertz CT molecular complexity index is 302. The first kappa shape index (κ1) is 12.9. The molecule has 2 heteroatoms. The predicted octanol–water partition coefficient (Wildman–Crippen LogP) is 3.01. The Morgan fingerprint density at radius 2 is 1.36 bits per heavy atom. The molecule has 1 radical (unpaired) electrons. The second-order valence-corrected chi connectivity index (χ2v) is 2.69. The summed E-state index contributed by atoms with van der Waals surface area (Å²) in [5.74, 6) is 0.134. The zero-order chi connectivity index (χ0) is 9.52. The largest absolute Gasteiger partial charge is 0.748 e. The van der Waals surface area contributed by atoms with Crippen molar-refractivity contribution in [1.82, 2.24) is 0 Å². The monoisotopic (exact) mass is 231 g/mol. The summed E-state index contributed by atoms with van der Waals surface area (Å²) in [6.45, 7) is 1.56. The standard InChI is InChI=1S/C7H7O.C5H5.Co/c1-6(8)7-4-2-3-5-7;1-2-4-5-3-1;/h2-5H,1H3;1-5H;/q-1;-5;. The van der Waals surface area contributed by atoms with E-state index >= 15 is 0 Å². The molecule has 0 aliphatic carbocycles. The molecule has 0 aliphatic heterocycles. The molecular formula is C12H12CoO-6. The summed E-state index contributed by atoms with van der Waals surface area (Å²) in [6, 6.07) is 17.3. The van der Waals surface area contributed by atoms with Gasteiger partial charge in [-0.2, -0.15) is 12.1 Å². The van der Waals surface area contributed by atoms with Crippen molar-refractivity contribution < 1.29 is 21.6 Å². The fourth-order valence-corrected chi connectivity index (χ4v) is 0.929. The smallest absolute Gasteiger partial charge is 0.105 e. The Hall–Kier alpha value is -1.12. The normalized spacial score (nSPS) is 8.07. The number of rotatable bonds is 1. The quantitative estimate of drug-likeness (QED) is 0.544. The van der Waals surface area contributed by atoms with Gasteiger partial charge in [0.2, 0.25) is 0 Å². The first-order valence-electron chi connectivity index (χ1n) is 4.20. The van der Waals surface area contributed by atoms with Crippen LogP contribution in [0.2, 0.25) is 0 Å². The van der Waals surface area contributed by atoms with Gasteiger partial charge in [0.1, 0.15) is 5.78 Å². The van der Waals surface area contributed by atoms with Gasteiger partial charge in [0.05, 0.1) is 0 Å². The van der Waals surface area contributed by atoms with E-state index in [0.29, 0.717) is 0 Å². The van der Waals surface area contributed by atoms with Crippen LogP contribution in [0.3, 0.4) is 0 Å². The molecule has 2 aromatic rings. The van der Waals surface area contributed by atoms with E-state index in [1.54, 1.807) is 6.92 Å². The molecule has 0 atom stereocenters. The molecule has 0 bridgehead atoms. The van der Waals surface area contributed by atoms with Gasteiger partial charge in [-0.3, -0.25) is 0 Å². The average Bonchev–Trinajstić information content (AvgIpc) is 2.82. The second kappa shape index (κ2) is 7.30. The number of carbonyl (C=O) groups excluding carboxylic acids is 1. The van der Waals surface area contributed by atoms with Crippen molar-refractivity contribution in [2.24, 2.45) is 0 Å². The van der Waals surface area contributed by atoms with Crippen molar-refractivity contribution in [3.05, 3.63) is 60.2 Å². The Kier molecular flexibility index (Phi) is 6.71. The zero-order valence-corrected chi connectivity index (χ0v) is 8.98. The summed E-state index contributed by atoms with van der Waals surface area (Å²) >= 11 is 0. The minimum Gasteiger partial charge on any atom is -0.748 e. The summed E-state index contributed by atoms with van der Waals surface area (Å²) in [7, 11) is 0. The number of hydrogen-bond acceptors (Lipinski definition) is 1. The van der Waals surface area contributed by atoms with Crippen LogP contribution in [-0.2, 0) is 16.8 Å². The van der Waals surface area contributed by atoms with Crippen molar-refractivity contribution in [2.75, 3.05) is 0 Å². The predicted molar refractivity (Wildman–Crippen MR) is 54.1 cm³/mol. The van der Waals surface area contributed by atoms with Gasteiger partial charge in [-0.05, 0) is 6.92 Å². The van der Waals surface area contributed by atoms with Crippen molar-refractivity contribution >= 4 is 5.78 Å². The Morgan fingerprint density at radius 1 is 1.00 bits per heavy atom. The van der Waals surface area contributed by atoms with E-state index in [0.717, 1.165) is 5.56 Å². The molecule has 81 valence electrons. The van der Waals surface area contributed by atoms with E-state index in [1.807, 2.05) is 54.6 Å². The maximum Gasteiger partial charge on any atom is 0.105 e. The van der Waals surface area contributed by atoms with Gasteiger partial charge < -0.3 is 35.1 Å². The fourth-order valence-electron chi connectivity index (χ4n) is 0.929. The Labute approximate surface area is 94.7 Å². The van der Waals surface area contributed by atoms with E-state index in [9.17, 15) is 4.79 Å².